The smallest absolute Gasteiger partial charge is 0.332 e. The second-order valence-electron chi connectivity index (χ2n) is 11.1. The third-order valence-corrected chi connectivity index (χ3v) is 10.1. The maximum Gasteiger partial charge on any atom is 0.332 e. The number of amides is 2. The largest absolute Gasteiger partial charge is 0.458 e. The van der Waals surface area contributed by atoms with Crippen LogP contribution in [0.5, 0.6) is 0 Å². The molecule has 0 radical (unpaired) electrons. The predicted octanol–water partition coefficient (Wildman–Crippen LogP) is 3.27. The molecule has 5 aliphatic rings. The number of nitrogens with zero attached hydrogens (tertiary/aromatic N) is 1. The first-order valence-electron chi connectivity index (χ1n) is 11.9. The third kappa shape index (κ3) is 2.99. The van der Waals surface area contributed by atoms with Gasteiger partial charge in [-0.05, 0) is 92.4 Å². The number of carbonyl (C=O) groups excluding carboxylic acids is 2. The molecule has 0 spiro atoms. The molecule has 7 nitrogen and oxygen atoms in total. The van der Waals surface area contributed by atoms with Crippen LogP contribution in [0.15, 0.2) is 16.8 Å². The van der Waals surface area contributed by atoms with Crippen LogP contribution in [0.1, 0.15) is 71.6 Å². The van der Waals surface area contributed by atoms with Crippen molar-refractivity contribution in [3.8, 4) is 0 Å². The summed E-state index contributed by atoms with van der Waals surface area (Å²) in [6, 6.07) is -0.612. The maximum atomic E-state index is 12.2. The molecule has 4 N–H and O–H groups in total. The van der Waals surface area contributed by atoms with E-state index in [1.807, 2.05) is 0 Å². The highest BCUT2D eigenvalue weighted by Crippen LogP contribution is 2.69. The van der Waals surface area contributed by atoms with E-state index in [0.29, 0.717) is 24.4 Å². The minimum Gasteiger partial charge on any atom is -0.458 e. The number of rotatable bonds is 2. The molecular weight excluding hydrogens is 394 g/mol. The van der Waals surface area contributed by atoms with Gasteiger partial charge in [-0.15, -0.1) is 0 Å². The normalized spacial score (nSPS) is 47.8. The van der Waals surface area contributed by atoms with Crippen LogP contribution in [-0.2, 0) is 9.53 Å². The number of nitrogens with one attached hydrogen (secondary N) is 1. The highest BCUT2D eigenvalue weighted by Gasteiger charge is 2.67. The summed E-state index contributed by atoms with van der Waals surface area (Å²) >= 11 is 0. The van der Waals surface area contributed by atoms with E-state index >= 15 is 0 Å². The molecule has 4 fully saturated rings. The number of urea groups is 1. The summed E-state index contributed by atoms with van der Waals surface area (Å²) in [5.74, 6) is 1.34. The van der Waals surface area contributed by atoms with Gasteiger partial charge in [0.15, 0.2) is 0 Å². The summed E-state index contributed by atoms with van der Waals surface area (Å²) < 4.78 is 5.22. The average Bonchev–Trinajstić information content (AvgIpc) is 3.26. The summed E-state index contributed by atoms with van der Waals surface area (Å²) in [6.07, 6.45) is 10.5. The molecular formula is C24H35N3O4. The van der Waals surface area contributed by atoms with Gasteiger partial charge in [0.25, 0.3) is 0 Å². The standard InChI is InChI=1S/C24H35N3O4/c1-22-8-5-16(26-27-21(25)29)12-15(22)3-4-19-18(22)6-9-23(2)17(7-10-24(19,23)30)14-11-20(28)31-13-14/h11,15,17-19,30H,3-10,12-13H2,1-2H3,(H3,25,27,29)/b26-16+/t15-,17-,18+,19-,22+,23-,24-/m1/s1. The minimum absolute atomic E-state index is 0.190. The average molecular weight is 430 g/mol. The van der Waals surface area contributed by atoms with Crippen molar-refractivity contribution in [2.75, 3.05) is 6.61 Å². The topological polar surface area (TPSA) is 114 Å². The highest BCUT2D eigenvalue weighted by molar-refractivity contribution is 5.87. The lowest BCUT2D eigenvalue weighted by molar-refractivity contribution is -0.200. The van der Waals surface area contributed by atoms with Gasteiger partial charge in [-0.3, -0.25) is 0 Å². The first-order valence-corrected chi connectivity index (χ1v) is 11.9. The molecule has 31 heavy (non-hydrogen) atoms. The number of esters is 1. The molecule has 0 saturated heterocycles. The van der Waals surface area contributed by atoms with E-state index in [-0.39, 0.29) is 22.7 Å². The molecule has 0 aromatic rings. The lowest BCUT2D eigenvalue weighted by atomic mass is 9.43. The summed E-state index contributed by atoms with van der Waals surface area (Å²) in [7, 11) is 0. The molecule has 170 valence electrons. The highest BCUT2D eigenvalue weighted by atomic mass is 16.5. The van der Waals surface area contributed by atoms with Crippen molar-refractivity contribution >= 4 is 17.7 Å². The Morgan fingerprint density at radius 1 is 1.19 bits per heavy atom. The molecule has 0 bridgehead atoms. The van der Waals surface area contributed by atoms with Gasteiger partial charge in [0, 0.05) is 17.2 Å². The van der Waals surface area contributed by atoms with Crippen LogP contribution in [-0.4, -0.2) is 35.0 Å². The van der Waals surface area contributed by atoms with Crippen molar-refractivity contribution in [2.24, 2.45) is 45.3 Å². The lowest BCUT2D eigenvalue weighted by Crippen LogP contribution is -2.62. The Kier molecular flexibility index (Phi) is 4.78. The van der Waals surface area contributed by atoms with Crippen molar-refractivity contribution in [1.82, 2.24) is 5.43 Å². The van der Waals surface area contributed by atoms with Gasteiger partial charge in [-0.1, -0.05) is 13.8 Å². The van der Waals surface area contributed by atoms with Crippen molar-refractivity contribution < 1.29 is 19.4 Å². The number of hydrazone groups is 1. The van der Waals surface area contributed by atoms with E-state index in [9.17, 15) is 14.7 Å². The maximum absolute atomic E-state index is 12.2. The van der Waals surface area contributed by atoms with Crippen LogP contribution >= 0.6 is 0 Å². The van der Waals surface area contributed by atoms with Gasteiger partial charge in [-0.25, -0.2) is 15.0 Å². The molecule has 5 rings (SSSR count). The molecule has 2 amide bonds. The quantitative estimate of drug-likeness (QED) is 0.462. The number of cyclic esters (lactones) is 1. The lowest BCUT2D eigenvalue weighted by Gasteiger charge is -2.63. The summed E-state index contributed by atoms with van der Waals surface area (Å²) in [5, 5.41) is 16.5. The van der Waals surface area contributed by atoms with Crippen LogP contribution in [0.25, 0.3) is 0 Å². The van der Waals surface area contributed by atoms with Crippen LogP contribution in [0, 0.1) is 34.5 Å². The van der Waals surface area contributed by atoms with Crippen molar-refractivity contribution in [3.63, 3.8) is 0 Å². The Hall–Kier alpha value is -1.89. The fourth-order valence-corrected chi connectivity index (χ4v) is 8.45. The molecule has 0 unspecified atom stereocenters. The molecule has 7 atom stereocenters. The number of hydrogen-bond donors (Lipinski definition) is 3. The number of aliphatic hydroxyl groups is 1. The van der Waals surface area contributed by atoms with Crippen LogP contribution in [0.3, 0.4) is 0 Å². The Bertz CT molecular complexity index is 869. The van der Waals surface area contributed by atoms with E-state index in [2.05, 4.69) is 24.4 Å². The van der Waals surface area contributed by atoms with Crippen molar-refractivity contribution in [3.05, 3.63) is 11.6 Å². The zero-order chi connectivity index (χ0) is 22.0. The zero-order valence-electron chi connectivity index (χ0n) is 18.7. The number of nitrogens with two attached hydrogens (primary N) is 1. The number of hydrogen-bond acceptors (Lipinski definition) is 5. The van der Waals surface area contributed by atoms with E-state index in [1.54, 1.807) is 6.08 Å². The number of fused-ring (bicyclic) bond motifs is 5. The third-order valence-electron chi connectivity index (χ3n) is 10.1. The van der Waals surface area contributed by atoms with E-state index in [4.69, 9.17) is 10.5 Å². The first kappa shape index (κ1) is 21.0. The summed E-state index contributed by atoms with van der Waals surface area (Å²) in [6.45, 7) is 5.09. The fourth-order valence-electron chi connectivity index (χ4n) is 8.45. The van der Waals surface area contributed by atoms with E-state index < -0.39 is 11.6 Å². The Balaban J connectivity index is 1.39. The molecule has 1 aliphatic heterocycles. The van der Waals surface area contributed by atoms with Gasteiger partial charge in [0.1, 0.15) is 6.61 Å². The van der Waals surface area contributed by atoms with Gasteiger partial charge in [0.2, 0.25) is 0 Å². The van der Waals surface area contributed by atoms with Gasteiger partial charge < -0.3 is 15.6 Å². The molecule has 0 aromatic heterocycles. The van der Waals surface area contributed by atoms with Crippen LogP contribution < -0.4 is 11.2 Å². The number of ether oxygens (including phenoxy) is 1. The Morgan fingerprint density at radius 3 is 2.71 bits per heavy atom. The summed E-state index contributed by atoms with van der Waals surface area (Å²) in [4.78, 5) is 22.7. The molecule has 1 heterocycles. The molecule has 4 aliphatic carbocycles. The van der Waals surface area contributed by atoms with Gasteiger partial charge >= 0.3 is 12.0 Å². The molecule has 7 heteroatoms. The first-order chi connectivity index (χ1) is 14.7. The summed E-state index contributed by atoms with van der Waals surface area (Å²) in [5.41, 5.74) is 9.03. The van der Waals surface area contributed by atoms with Crippen molar-refractivity contribution in [2.45, 2.75) is 77.2 Å². The Labute approximate surface area is 183 Å². The minimum atomic E-state index is -0.678. The molecule has 0 aromatic carbocycles. The van der Waals surface area contributed by atoms with E-state index in [0.717, 1.165) is 69.1 Å². The fraction of sp³-hybridized carbons (Fsp3) is 0.792. The molecule has 4 saturated carbocycles. The predicted molar refractivity (Wildman–Crippen MR) is 116 cm³/mol. The Morgan fingerprint density at radius 2 is 2.00 bits per heavy atom. The van der Waals surface area contributed by atoms with Gasteiger partial charge in [0.05, 0.1) is 5.60 Å². The number of primary amides is 1. The second kappa shape index (κ2) is 7.06. The van der Waals surface area contributed by atoms with Gasteiger partial charge in [-0.2, -0.15) is 5.10 Å². The monoisotopic (exact) mass is 429 g/mol. The SMILES string of the molecule is C[C@]12CC/C(=N\NC(N)=O)C[C@H]1CC[C@@H]1[C@@H]2CC[C@]2(C)[C@@H](C3=CC(=O)OC3)CC[C@@]12O. The van der Waals surface area contributed by atoms with Crippen LogP contribution in [0.4, 0.5) is 4.79 Å². The zero-order valence-corrected chi connectivity index (χ0v) is 18.7. The van der Waals surface area contributed by atoms with E-state index in [1.165, 1.54) is 0 Å². The number of carbonyl (C=O) groups is 2. The second-order valence-corrected chi connectivity index (χ2v) is 11.1. The van der Waals surface area contributed by atoms with Crippen molar-refractivity contribution in [1.29, 1.82) is 0 Å². The van der Waals surface area contributed by atoms with Crippen LogP contribution in [0.2, 0.25) is 0 Å².